The van der Waals surface area contributed by atoms with Gasteiger partial charge in [-0.25, -0.2) is 0 Å². The highest BCUT2D eigenvalue weighted by Gasteiger charge is 1.99. The highest BCUT2D eigenvalue weighted by atomic mass is 16.5. The molecule has 17 heavy (non-hydrogen) atoms. The van der Waals surface area contributed by atoms with E-state index in [0.717, 1.165) is 13.0 Å². The standard InChI is InChI=1S/C12H26N2O3/c1-11(2)4-7-17-9-5-13-10-12(15)14-6-8-16-3/h11,13H,4-10H2,1-3H3,(H,14,15). The number of rotatable bonds is 11. The summed E-state index contributed by atoms with van der Waals surface area (Å²) in [7, 11) is 1.61. The summed E-state index contributed by atoms with van der Waals surface area (Å²) < 4.78 is 10.2. The first-order chi connectivity index (χ1) is 8.16. The largest absolute Gasteiger partial charge is 0.383 e. The average molecular weight is 246 g/mol. The predicted molar refractivity (Wildman–Crippen MR) is 68.0 cm³/mol. The van der Waals surface area contributed by atoms with Crippen LogP contribution in [-0.4, -0.2) is 52.5 Å². The third kappa shape index (κ3) is 13.3. The Labute approximate surface area is 104 Å². The minimum atomic E-state index is -0.00997. The van der Waals surface area contributed by atoms with Crippen molar-refractivity contribution in [3.63, 3.8) is 0 Å². The second kappa shape index (κ2) is 11.8. The maximum atomic E-state index is 11.2. The molecule has 1 amide bonds. The van der Waals surface area contributed by atoms with E-state index in [4.69, 9.17) is 9.47 Å². The van der Waals surface area contributed by atoms with Gasteiger partial charge in [-0.1, -0.05) is 13.8 Å². The van der Waals surface area contributed by atoms with Gasteiger partial charge in [-0.2, -0.15) is 0 Å². The molecule has 0 aliphatic rings. The number of methoxy groups -OCH3 is 1. The smallest absolute Gasteiger partial charge is 0.234 e. The van der Waals surface area contributed by atoms with Crippen molar-refractivity contribution in [2.75, 3.05) is 46.6 Å². The molecule has 0 aliphatic heterocycles. The summed E-state index contributed by atoms with van der Waals surface area (Å²) in [6.45, 7) is 7.92. The molecule has 0 fully saturated rings. The van der Waals surface area contributed by atoms with Crippen LogP contribution in [0.1, 0.15) is 20.3 Å². The summed E-state index contributed by atoms with van der Waals surface area (Å²) in [6.07, 6.45) is 1.08. The van der Waals surface area contributed by atoms with E-state index in [-0.39, 0.29) is 5.91 Å². The summed E-state index contributed by atoms with van der Waals surface area (Å²) in [5, 5.41) is 5.76. The Morgan fingerprint density at radius 2 is 1.94 bits per heavy atom. The van der Waals surface area contributed by atoms with Crippen molar-refractivity contribution in [2.45, 2.75) is 20.3 Å². The van der Waals surface area contributed by atoms with Crippen molar-refractivity contribution in [3.8, 4) is 0 Å². The van der Waals surface area contributed by atoms with Gasteiger partial charge in [0.05, 0.1) is 19.8 Å². The second-order valence-electron chi connectivity index (χ2n) is 4.31. The number of hydrogen-bond acceptors (Lipinski definition) is 4. The van der Waals surface area contributed by atoms with Gasteiger partial charge >= 0.3 is 0 Å². The maximum Gasteiger partial charge on any atom is 0.234 e. The Kier molecular flexibility index (Phi) is 11.4. The molecular formula is C12H26N2O3. The van der Waals surface area contributed by atoms with Crippen molar-refractivity contribution in [2.24, 2.45) is 5.92 Å². The summed E-state index contributed by atoms with van der Waals surface area (Å²) >= 11 is 0. The molecule has 0 unspecified atom stereocenters. The maximum absolute atomic E-state index is 11.2. The van der Waals surface area contributed by atoms with Gasteiger partial charge < -0.3 is 20.1 Å². The second-order valence-corrected chi connectivity index (χ2v) is 4.31. The van der Waals surface area contributed by atoms with Crippen LogP contribution in [0.4, 0.5) is 0 Å². The lowest BCUT2D eigenvalue weighted by atomic mass is 10.1. The minimum absolute atomic E-state index is 0.00997. The molecule has 0 saturated heterocycles. The first-order valence-corrected chi connectivity index (χ1v) is 6.21. The van der Waals surface area contributed by atoms with Crippen LogP contribution in [-0.2, 0) is 14.3 Å². The van der Waals surface area contributed by atoms with Crippen LogP contribution < -0.4 is 10.6 Å². The molecule has 0 aromatic heterocycles. The molecule has 0 spiro atoms. The summed E-state index contributed by atoms with van der Waals surface area (Å²) in [5.74, 6) is 0.666. The average Bonchev–Trinajstić information content (AvgIpc) is 2.28. The molecule has 0 bridgehead atoms. The van der Waals surface area contributed by atoms with E-state index in [1.165, 1.54) is 0 Å². The van der Waals surface area contributed by atoms with Crippen LogP contribution in [0.5, 0.6) is 0 Å². The Balaban J connectivity index is 3.14. The van der Waals surface area contributed by atoms with Crippen molar-refractivity contribution in [3.05, 3.63) is 0 Å². The van der Waals surface area contributed by atoms with E-state index in [2.05, 4.69) is 24.5 Å². The molecule has 102 valence electrons. The zero-order valence-corrected chi connectivity index (χ0v) is 11.3. The quantitative estimate of drug-likeness (QED) is 0.518. The van der Waals surface area contributed by atoms with Gasteiger partial charge in [-0.15, -0.1) is 0 Å². The fourth-order valence-electron chi connectivity index (χ4n) is 1.12. The van der Waals surface area contributed by atoms with Gasteiger partial charge in [-0.3, -0.25) is 4.79 Å². The van der Waals surface area contributed by atoms with Gasteiger partial charge in [0.1, 0.15) is 0 Å². The molecule has 0 radical (unpaired) electrons. The Morgan fingerprint density at radius 3 is 2.59 bits per heavy atom. The molecule has 2 N–H and O–H groups in total. The van der Waals surface area contributed by atoms with Crippen LogP contribution in [0.25, 0.3) is 0 Å². The van der Waals surface area contributed by atoms with Crippen LogP contribution in [0.3, 0.4) is 0 Å². The molecule has 0 saturated carbocycles. The Hall–Kier alpha value is -0.650. The number of hydrogen-bond donors (Lipinski definition) is 2. The van der Waals surface area contributed by atoms with Gasteiger partial charge in [-0.05, 0) is 12.3 Å². The Bertz CT molecular complexity index is 187. The fourth-order valence-corrected chi connectivity index (χ4v) is 1.12. The highest BCUT2D eigenvalue weighted by molar-refractivity contribution is 5.77. The topological polar surface area (TPSA) is 59.6 Å². The lowest BCUT2D eigenvalue weighted by Gasteiger charge is -2.08. The van der Waals surface area contributed by atoms with Crippen molar-refractivity contribution < 1.29 is 14.3 Å². The van der Waals surface area contributed by atoms with Crippen LogP contribution in [0, 0.1) is 5.92 Å². The van der Waals surface area contributed by atoms with Gasteiger partial charge in [0.25, 0.3) is 0 Å². The lowest BCUT2D eigenvalue weighted by molar-refractivity contribution is -0.120. The van der Waals surface area contributed by atoms with Crippen molar-refractivity contribution in [1.82, 2.24) is 10.6 Å². The van der Waals surface area contributed by atoms with E-state index >= 15 is 0 Å². The highest BCUT2D eigenvalue weighted by Crippen LogP contribution is 1.97. The Morgan fingerprint density at radius 1 is 1.18 bits per heavy atom. The first-order valence-electron chi connectivity index (χ1n) is 6.21. The summed E-state index contributed by atoms with van der Waals surface area (Å²) in [5.41, 5.74) is 0. The first kappa shape index (κ1) is 16.4. The molecule has 0 aromatic rings. The van der Waals surface area contributed by atoms with E-state index in [0.29, 0.717) is 38.8 Å². The third-order valence-corrected chi connectivity index (χ3v) is 2.18. The van der Waals surface area contributed by atoms with E-state index in [1.807, 2.05) is 0 Å². The molecule has 0 aromatic carbocycles. The molecule has 0 heterocycles. The van der Waals surface area contributed by atoms with Gasteiger partial charge in [0.15, 0.2) is 0 Å². The van der Waals surface area contributed by atoms with Crippen LogP contribution in [0.15, 0.2) is 0 Å². The van der Waals surface area contributed by atoms with Crippen LogP contribution in [0.2, 0.25) is 0 Å². The van der Waals surface area contributed by atoms with Gasteiger partial charge in [0.2, 0.25) is 5.91 Å². The number of nitrogens with one attached hydrogen (secondary N) is 2. The molecule has 0 rings (SSSR count). The van der Waals surface area contributed by atoms with E-state index in [9.17, 15) is 4.79 Å². The zero-order chi connectivity index (χ0) is 12.9. The predicted octanol–water partition coefficient (Wildman–Crippen LogP) is 0.401. The number of carbonyl (C=O) groups is 1. The molecule has 5 nitrogen and oxygen atoms in total. The van der Waals surface area contributed by atoms with Crippen LogP contribution >= 0.6 is 0 Å². The fraction of sp³-hybridized carbons (Fsp3) is 0.917. The van der Waals surface area contributed by atoms with E-state index < -0.39 is 0 Å². The normalized spacial score (nSPS) is 10.8. The third-order valence-electron chi connectivity index (χ3n) is 2.18. The summed E-state index contributed by atoms with van der Waals surface area (Å²) in [4.78, 5) is 11.2. The van der Waals surface area contributed by atoms with Gasteiger partial charge in [0, 0.05) is 26.8 Å². The lowest BCUT2D eigenvalue weighted by Crippen LogP contribution is -2.36. The SMILES string of the molecule is COCCNC(=O)CNCCOCCC(C)C. The van der Waals surface area contributed by atoms with E-state index in [1.54, 1.807) is 7.11 Å². The zero-order valence-electron chi connectivity index (χ0n) is 11.3. The number of ether oxygens (including phenoxy) is 2. The number of amides is 1. The van der Waals surface area contributed by atoms with Crippen molar-refractivity contribution >= 4 is 5.91 Å². The number of carbonyl (C=O) groups excluding carboxylic acids is 1. The molecule has 0 atom stereocenters. The molecule has 5 heteroatoms. The van der Waals surface area contributed by atoms with Crippen molar-refractivity contribution in [1.29, 1.82) is 0 Å². The molecule has 0 aliphatic carbocycles. The minimum Gasteiger partial charge on any atom is -0.383 e. The molecular weight excluding hydrogens is 220 g/mol. The monoisotopic (exact) mass is 246 g/mol. The summed E-state index contributed by atoms with van der Waals surface area (Å²) in [6, 6.07) is 0.